The first-order chi connectivity index (χ1) is 9.58. The Morgan fingerprint density at radius 1 is 1.10 bits per heavy atom. The Bertz CT molecular complexity index is 584. The highest BCUT2D eigenvalue weighted by molar-refractivity contribution is 9.10. The van der Waals surface area contributed by atoms with E-state index in [4.69, 9.17) is 27.9 Å². The van der Waals surface area contributed by atoms with E-state index in [1.165, 1.54) is 0 Å². The zero-order chi connectivity index (χ0) is 14.5. The summed E-state index contributed by atoms with van der Waals surface area (Å²) in [5.41, 5.74) is 1.95. The van der Waals surface area contributed by atoms with Gasteiger partial charge in [0, 0.05) is 32.3 Å². The van der Waals surface area contributed by atoms with Crippen LogP contribution in [0.3, 0.4) is 0 Å². The Balaban J connectivity index is 2.15. The molecule has 0 aromatic heterocycles. The molecule has 0 aliphatic carbocycles. The van der Waals surface area contributed by atoms with Crippen molar-refractivity contribution in [3.8, 4) is 5.75 Å². The van der Waals surface area contributed by atoms with E-state index in [1.54, 1.807) is 6.07 Å². The molecule has 0 radical (unpaired) electrons. The molecule has 0 heterocycles. The van der Waals surface area contributed by atoms with Gasteiger partial charge in [0.05, 0.1) is 6.61 Å². The van der Waals surface area contributed by atoms with Gasteiger partial charge in [0.1, 0.15) is 5.75 Å². The summed E-state index contributed by atoms with van der Waals surface area (Å²) in [6.45, 7) is 3.24. The Kier molecular flexibility index (Phi) is 5.58. The largest absolute Gasteiger partial charge is 0.494 e. The third-order valence-electron chi connectivity index (χ3n) is 2.67. The first-order valence-corrected chi connectivity index (χ1v) is 7.74. The van der Waals surface area contributed by atoms with Crippen LogP contribution in [0.5, 0.6) is 5.75 Å². The maximum Gasteiger partial charge on any atom is 0.124 e. The summed E-state index contributed by atoms with van der Waals surface area (Å²) < 4.78 is 6.63. The smallest absolute Gasteiger partial charge is 0.124 e. The summed E-state index contributed by atoms with van der Waals surface area (Å²) in [4.78, 5) is 0. The van der Waals surface area contributed by atoms with Crippen molar-refractivity contribution in [3.63, 3.8) is 0 Å². The lowest BCUT2D eigenvalue weighted by atomic mass is 10.2. The van der Waals surface area contributed by atoms with Gasteiger partial charge in [-0.15, -0.1) is 0 Å². The lowest BCUT2D eigenvalue weighted by molar-refractivity contribution is 0.337. The van der Waals surface area contributed by atoms with Gasteiger partial charge in [-0.25, -0.2) is 0 Å². The summed E-state index contributed by atoms with van der Waals surface area (Å²) >= 11 is 15.4. The summed E-state index contributed by atoms with van der Waals surface area (Å²) in [6.07, 6.45) is 0. The third kappa shape index (κ3) is 4.30. The molecule has 0 saturated heterocycles. The van der Waals surface area contributed by atoms with E-state index in [0.29, 0.717) is 23.2 Å². The average molecular weight is 375 g/mol. The van der Waals surface area contributed by atoms with Gasteiger partial charge >= 0.3 is 0 Å². The molecule has 0 spiro atoms. The predicted octanol–water partition coefficient (Wildman–Crippen LogP) is 5.77. The quantitative estimate of drug-likeness (QED) is 0.717. The van der Waals surface area contributed by atoms with Crippen LogP contribution in [0.15, 0.2) is 40.9 Å². The fraction of sp³-hybridized carbons (Fsp3) is 0.200. The van der Waals surface area contributed by atoms with Crippen molar-refractivity contribution in [2.24, 2.45) is 0 Å². The maximum absolute atomic E-state index is 5.98. The zero-order valence-corrected chi connectivity index (χ0v) is 14.0. The van der Waals surface area contributed by atoms with Crippen LogP contribution < -0.4 is 10.1 Å². The number of benzene rings is 2. The first-order valence-electron chi connectivity index (χ1n) is 6.19. The molecular weight excluding hydrogens is 361 g/mol. The predicted molar refractivity (Wildman–Crippen MR) is 89.1 cm³/mol. The SMILES string of the molecule is CCOc1ccc(Br)cc1CNc1cc(Cl)cc(Cl)c1. The van der Waals surface area contributed by atoms with Crippen molar-refractivity contribution in [1.29, 1.82) is 0 Å². The van der Waals surface area contributed by atoms with Crippen LogP contribution in [0, 0.1) is 0 Å². The number of anilines is 1. The highest BCUT2D eigenvalue weighted by atomic mass is 79.9. The summed E-state index contributed by atoms with van der Waals surface area (Å²) in [7, 11) is 0. The standard InChI is InChI=1S/C15H14BrCl2NO/c1-2-20-15-4-3-11(16)5-10(15)9-19-14-7-12(17)6-13(18)8-14/h3-8,19H,2,9H2,1H3. The van der Waals surface area contributed by atoms with E-state index in [9.17, 15) is 0 Å². The Hall–Kier alpha value is -0.900. The minimum absolute atomic E-state index is 0.610. The Morgan fingerprint density at radius 3 is 2.45 bits per heavy atom. The van der Waals surface area contributed by atoms with E-state index < -0.39 is 0 Å². The van der Waals surface area contributed by atoms with E-state index in [1.807, 2.05) is 37.3 Å². The molecule has 0 atom stereocenters. The van der Waals surface area contributed by atoms with E-state index in [-0.39, 0.29) is 0 Å². The van der Waals surface area contributed by atoms with Crippen molar-refractivity contribution in [2.75, 3.05) is 11.9 Å². The van der Waals surface area contributed by atoms with E-state index in [0.717, 1.165) is 21.5 Å². The molecule has 0 aliphatic rings. The van der Waals surface area contributed by atoms with Gasteiger partial charge in [-0.1, -0.05) is 39.1 Å². The molecule has 106 valence electrons. The lowest BCUT2D eigenvalue weighted by Crippen LogP contribution is -2.03. The monoisotopic (exact) mass is 373 g/mol. The number of hydrogen-bond donors (Lipinski definition) is 1. The van der Waals surface area contributed by atoms with Crippen molar-refractivity contribution < 1.29 is 4.74 Å². The van der Waals surface area contributed by atoms with Crippen molar-refractivity contribution in [3.05, 3.63) is 56.5 Å². The summed E-state index contributed by atoms with van der Waals surface area (Å²) in [6, 6.07) is 11.3. The molecule has 2 aromatic carbocycles. The molecule has 1 N–H and O–H groups in total. The minimum Gasteiger partial charge on any atom is -0.494 e. The van der Waals surface area contributed by atoms with E-state index in [2.05, 4.69) is 21.2 Å². The molecular formula is C15H14BrCl2NO. The second-order valence-electron chi connectivity index (χ2n) is 4.20. The molecule has 20 heavy (non-hydrogen) atoms. The summed E-state index contributed by atoms with van der Waals surface area (Å²) in [5, 5.41) is 4.52. The molecule has 0 saturated carbocycles. The number of ether oxygens (including phenoxy) is 1. The molecule has 0 fully saturated rings. The van der Waals surface area contributed by atoms with Crippen molar-refractivity contribution in [1.82, 2.24) is 0 Å². The van der Waals surface area contributed by atoms with Gasteiger partial charge in [0.2, 0.25) is 0 Å². The number of hydrogen-bond acceptors (Lipinski definition) is 2. The molecule has 5 heteroatoms. The molecule has 0 aliphatic heterocycles. The second-order valence-corrected chi connectivity index (χ2v) is 5.99. The van der Waals surface area contributed by atoms with Gasteiger partial charge in [-0.2, -0.15) is 0 Å². The zero-order valence-electron chi connectivity index (χ0n) is 10.9. The minimum atomic E-state index is 0.610. The maximum atomic E-state index is 5.98. The van der Waals surface area contributed by atoms with Crippen LogP contribution in [-0.4, -0.2) is 6.61 Å². The van der Waals surface area contributed by atoms with Crippen LogP contribution in [-0.2, 0) is 6.54 Å². The Labute approximate surface area is 137 Å². The van der Waals surface area contributed by atoms with Crippen LogP contribution >= 0.6 is 39.1 Å². The fourth-order valence-corrected chi connectivity index (χ4v) is 2.77. The van der Waals surface area contributed by atoms with Crippen LogP contribution in [0.1, 0.15) is 12.5 Å². The van der Waals surface area contributed by atoms with Gasteiger partial charge in [0.15, 0.2) is 0 Å². The number of rotatable bonds is 5. The van der Waals surface area contributed by atoms with Gasteiger partial charge in [-0.3, -0.25) is 0 Å². The first kappa shape index (κ1) is 15.5. The molecule has 0 amide bonds. The van der Waals surface area contributed by atoms with Gasteiger partial charge in [-0.05, 0) is 43.3 Å². The number of nitrogens with one attached hydrogen (secondary N) is 1. The molecule has 0 unspecified atom stereocenters. The molecule has 0 bridgehead atoms. The van der Waals surface area contributed by atoms with Crippen molar-refractivity contribution in [2.45, 2.75) is 13.5 Å². The highest BCUT2D eigenvalue weighted by Crippen LogP contribution is 2.26. The number of halogens is 3. The normalized spacial score (nSPS) is 10.4. The van der Waals surface area contributed by atoms with Crippen molar-refractivity contribution >= 4 is 44.8 Å². The fourth-order valence-electron chi connectivity index (χ4n) is 1.84. The van der Waals surface area contributed by atoms with Gasteiger partial charge < -0.3 is 10.1 Å². The van der Waals surface area contributed by atoms with Crippen LogP contribution in [0.4, 0.5) is 5.69 Å². The molecule has 2 nitrogen and oxygen atoms in total. The Morgan fingerprint density at radius 2 is 1.80 bits per heavy atom. The molecule has 2 rings (SSSR count). The van der Waals surface area contributed by atoms with Crippen LogP contribution in [0.25, 0.3) is 0 Å². The summed E-state index contributed by atoms with van der Waals surface area (Å²) in [5.74, 6) is 0.872. The lowest BCUT2D eigenvalue weighted by Gasteiger charge is -2.13. The van der Waals surface area contributed by atoms with E-state index >= 15 is 0 Å². The molecule has 2 aromatic rings. The highest BCUT2D eigenvalue weighted by Gasteiger charge is 2.05. The third-order valence-corrected chi connectivity index (χ3v) is 3.60. The second kappa shape index (κ2) is 7.21. The topological polar surface area (TPSA) is 21.3 Å². The van der Waals surface area contributed by atoms with Crippen LogP contribution in [0.2, 0.25) is 10.0 Å². The van der Waals surface area contributed by atoms with Gasteiger partial charge in [0.25, 0.3) is 0 Å². The average Bonchev–Trinajstić information content (AvgIpc) is 2.38.